The van der Waals surface area contributed by atoms with Crippen molar-refractivity contribution in [3.8, 4) is 0 Å². The molecule has 2 aromatic rings. The smallest absolute Gasteiger partial charge is 0.165 e. The molecule has 17 heavy (non-hydrogen) atoms. The summed E-state index contributed by atoms with van der Waals surface area (Å²) in [6, 6.07) is 0. The summed E-state index contributed by atoms with van der Waals surface area (Å²) in [5.41, 5.74) is 7.20. The van der Waals surface area contributed by atoms with Gasteiger partial charge in [0, 0.05) is 13.2 Å². The van der Waals surface area contributed by atoms with Crippen molar-refractivity contribution in [3.05, 3.63) is 12.7 Å². The third-order valence-electron chi connectivity index (χ3n) is 3.43. The maximum atomic E-state index is 8.87. The fourth-order valence-corrected chi connectivity index (χ4v) is 2.34. The van der Waals surface area contributed by atoms with Gasteiger partial charge in [-0.3, -0.25) is 0 Å². The lowest BCUT2D eigenvalue weighted by molar-refractivity contribution is 0.276. The van der Waals surface area contributed by atoms with E-state index in [0.29, 0.717) is 23.2 Å². The van der Waals surface area contributed by atoms with Gasteiger partial charge in [-0.15, -0.1) is 0 Å². The van der Waals surface area contributed by atoms with Gasteiger partial charge in [0.2, 0.25) is 0 Å². The first-order valence-electron chi connectivity index (χ1n) is 5.81. The van der Waals surface area contributed by atoms with Crippen LogP contribution in [0, 0.1) is 11.8 Å². The number of aliphatic hydroxyl groups is 1. The SMILES string of the molecule is Nc1ncnc2c1ncn2CC1C[C@@H]1CCO. The van der Waals surface area contributed by atoms with E-state index < -0.39 is 0 Å². The quantitative estimate of drug-likeness (QED) is 0.799. The van der Waals surface area contributed by atoms with Crippen molar-refractivity contribution >= 4 is 17.0 Å². The number of aliphatic hydroxyl groups excluding tert-OH is 1. The zero-order valence-electron chi connectivity index (χ0n) is 9.45. The molecule has 2 heterocycles. The molecule has 0 saturated heterocycles. The van der Waals surface area contributed by atoms with Crippen molar-refractivity contribution in [2.24, 2.45) is 11.8 Å². The Bertz CT molecular complexity index is 538. The fourth-order valence-electron chi connectivity index (χ4n) is 2.34. The van der Waals surface area contributed by atoms with Gasteiger partial charge in [0.05, 0.1) is 6.33 Å². The summed E-state index contributed by atoms with van der Waals surface area (Å²) in [5.74, 6) is 1.71. The first kappa shape index (κ1) is 10.5. The number of nitrogens with two attached hydrogens (primary N) is 1. The van der Waals surface area contributed by atoms with Crippen LogP contribution in [0.5, 0.6) is 0 Å². The normalized spacial score (nSPS) is 23.1. The lowest BCUT2D eigenvalue weighted by Crippen LogP contribution is -2.02. The Balaban J connectivity index is 1.80. The van der Waals surface area contributed by atoms with Gasteiger partial charge in [0.15, 0.2) is 11.5 Å². The van der Waals surface area contributed by atoms with Crippen LogP contribution in [-0.4, -0.2) is 31.2 Å². The number of hydrogen-bond donors (Lipinski definition) is 2. The first-order chi connectivity index (χ1) is 8.29. The van der Waals surface area contributed by atoms with Gasteiger partial charge in [0.1, 0.15) is 11.8 Å². The highest BCUT2D eigenvalue weighted by molar-refractivity contribution is 5.81. The number of imidazole rings is 1. The van der Waals surface area contributed by atoms with Gasteiger partial charge in [0.25, 0.3) is 0 Å². The molecule has 90 valence electrons. The zero-order chi connectivity index (χ0) is 11.8. The fraction of sp³-hybridized carbons (Fsp3) is 0.545. The third kappa shape index (κ3) is 1.84. The molecular formula is C11H15N5O. The summed E-state index contributed by atoms with van der Waals surface area (Å²) in [6.07, 6.45) is 5.31. The second-order valence-corrected chi connectivity index (χ2v) is 4.60. The first-order valence-corrected chi connectivity index (χ1v) is 5.81. The van der Waals surface area contributed by atoms with Crippen LogP contribution < -0.4 is 5.73 Å². The van der Waals surface area contributed by atoms with E-state index in [-0.39, 0.29) is 6.61 Å². The second kappa shape index (κ2) is 3.96. The van der Waals surface area contributed by atoms with Crippen LogP contribution in [0.1, 0.15) is 12.8 Å². The van der Waals surface area contributed by atoms with Gasteiger partial charge >= 0.3 is 0 Å². The number of rotatable bonds is 4. The molecule has 6 heteroatoms. The van der Waals surface area contributed by atoms with Gasteiger partial charge in [-0.2, -0.15) is 0 Å². The highest BCUT2D eigenvalue weighted by Gasteiger charge is 2.36. The van der Waals surface area contributed by atoms with Crippen molar-refractivity contribution < 1.29 is 5.11 Å². The van der Waals surface area contributed by atoms with Crippen LogP contribution in [0.2, 0.25) is 0 Å². The Morgan fingerprint density at radius 3 is 3.06 bits per heavy atom. The summed E-state index contributed by atoms with van der Waals surface area (Å²) < 4.78 is 2.02. The van der Waals surface area contributed by atoms with E-state index >= 15 is 0 Å². The molecule has 0 radical (unpaired) electrons. The number of nitrogen functional groups attached to an aromatic ring is 1. The predicted molar refractivity (Wildman–Crippen MR) is 63.0 cm³/mol. The van der Waals surface area contributed by atoms with Crippen LogP contribution in [-0.2, 0) is 6.54 Å². The molecule has 0 amide bonds. The maximum absolute atomic E-state index is 8.87. The largest absolute Gasteiger partial charge is 0.396 e. The van der Waals surface area contributed by atoms with E-state index in [4.69, 9.17) is 10.8 Å². The summed E-state index contributed by atoms with van der Waals surface area (Å²) in [7, 11) is 0. The molecular weight excluding hydrogens is 218 g/mol. The molecule has 0 bridgehead atoms. The average Bonchev–Trinajstić information content (AvgIpc) is 2.89. The van der Waals surface area contributed by atoms with Crippen molar-refractivity contribution in [2.75, 3.05) is 12.3 Å². The third-order valence-corrected chi connectivity index (χ3v) is 3.43. The number of aromatic nitrogens is 4. The maximum Gasteiger partial charge on any atom is 0.165 e. The van der Waals surface area contributed by atoms with E-state index in [2.05, 4.69) is 15.0 Å². The van der Waals surface area contributed by atoms with Crippen molar-refractivity contribution in [1.29, 1.82) is 0 Å². The van der Waals surface area contributed by atoms with E-state index in [9.17, 15) is 0 Å². The number of nitrogens with zero attached hydrogens (tertiary/aromatic N) is 4. The molecule has 1 unspecified atom stereocenters. The average molecular weight is 233 g/mol. The lowest BCUT2D eigenvalue weighted by atomic mass is 10.2. The van der Waals surface area contributed by atoms with Crippen LogP contribution in [0.15, 0.2) is 12.7 Å². The number of anilines is 1. The Hall–Kier alpha value is -1.69. The van der Waals surface area contributed by atoms with Gasteiger partial charge in [-0.05, 0) is 24.7 Å². The Morgan fingerprint density at radius 2 is 2.24 bits per heavy atom. The topological polar surface area (TPSA) is 89.9 Å². The molecule has 2 atom stereocenters. The lowest BCUT2D eigenvalue weighted by Gasteiger charge is -2.02. The van der Waals surface area contributed by atoms with Crippen LogP contribution in [0.25, 0.3) is 11.2 Å². The molecule has 0 spiro atoms. The Kier molecular flexibility index (Phi) is 2.44. The van der Waals surface area contributed by atoms with Crippen molar-refractivity contribution in [2.45, 2.75) is 19.4 Å². The van der Waals surface area contributed by atoms with Crippen LogP contribution >= 0.6 is 0 Å². The van der Waals surface area contributed by atoms with Gasteiger partial charge < -0.3 is 15.4 Å². The predicted octanol–water partition coefficient (Wildman–Crippen LogP) is 0.427. The van der Waals surface area contributed by atoms with E-state index in [1.54, 1.807) is 6.33 Å². The van der Waals surface area contributed by atoms with Crippen molar-refractivity contribution in [3.63, 3.8) is 0 Å². The molecule has 6 nitrogen and oxygen atoms in total. The summed E-state index contributed by atoms with van der Waals surface area (Å²) in [5, 5.41) is 8.87. The van der Waals surface area contributed by atoms with Gasteiger partial charge in [-0.25, -0.2) is 15.0 Å². The minimum Gasteiger partial charge on any atom is -0.396 e. The van der Waals surface area contributed by atoms with Crippen molar-refractivity contribution in [1.82, 2.24) is 19.5 Å². The van der Waals surface area contributed by atoms with E-state index in [1.807, 2.05) is 4.57 Å². The van der Waals surface area contributed by atoms with Gasteiger partial charge in [-0.1, -0.05) is 0 Å². The molecule has 3 N–H and O–H groups in total. The van der Waals surface area contributed by atoms with E-state index in [0.717, 1.165) is 18.6 Å². The minimum absolute atomic E-state index is 0.279. The highest BCUT2D eigenvalue weighted by Crippen LogP contribution is 2.42. The van der Waals surface area contributed by atoms with Crippen LogP contribution in [0.3, 0.4) is 0 Å². The van der Waals surface area contributed by atoms with Crippen LogP contribution in [0.4, 0.5) is 5.82 Å². The summed E-state index contributed by atoms with van der Waals surface area (Å²) >= 11 is 0. The highest BCUT2D eigenvalue weighted by atomic mass is 16.3. The molecule has 0 aliphatic heterocycles. The Labute approximate surface area is 98.5 Å². The van der Waals surface area contributed by atoms with E-state index in [1.165, 1.54) is 12.7 Å². The molecule has 2 aromatic heterocycles. The molecule has 1 fully saturated rings. The summed E-state index contributed by atoms with van der Waals surface area (Å²) in [6.45, 7) is 1.18. The monoisotopic (exact) mass is 233 g/mol. The second-order valence-electron chi connectivity index (χ2n) is 4.60. The molecule has 1 aliphatic carbocycles. The molecule has 1 aliphatic rings. The zero-order valence-corrected chi connectivity index (χ0v) is 9.45. The molecule has 1 saturated carbocycles. The Morgan fingerprint density at radius 1 is 1.35 bits per heavy atom. The molecule has 3 rings (SSSR count). The molecule has 0 aromatic carbocycles. The standard InChI is InChI=1S/C11H15N5O/c12-10-9-11(14-5-13-10)16(6-15-9)4-8-3-7(8)1-2-17/h5-8,17H,1-4H2,(H2,12,13,14)/t7-,8?/m0/s1. The minimum atomic E-state index is 0.279. The number of fused-ring (bicyclic) bond motifs is 1. The summed E-state index contributed by atoms with van der Waals surface area (Å²) in [4.78, 5) is 12.4. The number of hydrogen-bond acceptors (Lipinski definition) is 5.